The van der Waals surface area contributed by atoms with E-state index in [2.05, 4.69) is 50.0 Å². The summed E-state index contributed by atoms with van der Waals surface area (Å²) >= 11 is 2.08. The standard InChI is InChI=1S/C13H25NS/c1-11(2)9-15-10-12(3)14-13-7-5-4-6-8-13/h4-5,11-14H,6-10H2,1-3H3. The monoisotopic (exact) mass is 227 g/mol. The molecule has 2 atom stereocenters. The predicted molar refractivity (Wildman–Crippen MR) is 71.5 cm³/mol. The molecule has 2 heteroatoms. The van der Waals surface area contributed by atoms with Crippen LogP contribution >= 0.6 is 11.8 Å². The molecular formula is C13H25NS. The van der Waals surface area contributed by atoms with Gasteiger partial charge in [0.2, 0.25) is 0 Å². The van der Waals surface area contributed by atoms with Gasteiger partial charge in [0.15, 0.2) is 0 Å². The van der Waals surface area contributed by atoms with Gasteiger partial charge in [0.05, 0.1) is 0 Å². The van der Waals surface area contributed by atoms with Gasteiger partial charge < -0.3 is 5.32 Å². The first kappa shape index (κ1) is 13.1. The Bertz CT molecular complexity index is 189. The Morgan fingerprint density at radius 3 is 2.67 bits per heavy atom. The van der Waals surface area contributed by atoms with Gasteiger partial charge in [-0.15, -0.1) is 0 Å². The van der Waals surface area contributed by atoms with Crippen molar-refractivity contribution in [3.63, 3.8) is 0 Å². The highest BCUT2D eigenvalue weighted by atomic mass is 32.2. The van der Waals surface area contributed by atoms with Crippen molar-refractivity contribution in [3.05, 3.63) is 12.2 Å². The maximum Gasteiger partial charge on any atom is 0.0132 e. The molecule has 1 nitrogen and oxygen atoms in total. The zero-order valence-corrected chi connectivity index (χ0v) is 11.1. The Balaban J connectivity index is 2.07. The lowest BCUT2D eigenvalue weighted by Gasteiger charge is -2.24. The van der Waals surface area contributed by atoms with Crippen LogP contribution in [0.1, 0.15) is 40.0 Å². The first-order chi connectivity index (χ1) is 7.18. The molecule has 0 aromatic carbocycles. The smallest absolute Gasteiger partial charge is 0.0132 e. The summed E-state index contributed by atoms with van der Waals surface area (Å²) in [5.41, 5.74) is 0. The van der Waals surface area contributed by atoms with Crippen molar-refractivity contribution in [2.24, 2.45) is 5.92 Å². The molecule has 0 aromatic heterocycles. The molecule has 0 spiro atoms. The van der Waals surface area contributed by atoms with Crippen LogP contribution in [0.3, 0.4) is 0 Å². The Labute approximate surface area is 99.1 Å². The highest BCUT2D eigenvalue weighted by Crippen LogP contribution is 2.13. The van der Waals surface area contributed by atoms with E-state index < -0.39 is 0 Å². The van der Waals surface area contributed by atoms with Gasteiger partial charge in [0.1, 0.15) is 0 Å². The minimum absolute atomic E-state index is 0.658. The van der Waals surface area contributed by atoms with Crippen LogP contribution in [-0.2, 0) is 0 Å². The van der Waals surface area contributed by atoms with E-state index in [0.717, 1.165) is 12.0 Å². The summed E-state index contributed by atoms with van der Waals surface area (Å²) in [6.07, 6.45) is 8.41. The fourth-order valence-electron chi connectivity index (χ4n) is 1.88. The molecule has 0 aliphatic heterocycles. The van der Waals surface area contributed by atoms with E-state index in [1.54, 1.807) is 0 Å². The van der Waals surface area contributed by atoms with E-state index in [9.17, 15) is 0 Å². The van der Waals surface area contributed by atoms with Gasteiger partial charge >= 0.3 is 0 Å². The molecule has 0 heterocycles. The van der Waals surface area contributed by atoms with Gasteiger partial charge in [0.25, 0.3) is 0 Å². The van der Waals surface area contributed by atoms with Gasteiger partial charge in [-0.05, 0) is 37.9 Å². The summed E-state index contributed by atoms with van der Waals surface area (Å²) in [5.74, 6) is 3.36. The van der Waals surface area contributed by atoms with Crippen molar-refractivity contribution in [3.8, 4) is 0 Å². The number of rotatable bonds is 6. The normalized spacial score (nSPS) is 23.3. The van der Waals surface area contributed by atoms with Crippen LogP contribution in [0.25, 0.3) is 0 Å². The molecule has 0 radical (unpaired) electrons. The Morgan fingerprint density at radius 1 is 1.27 bits per heavy atom. The van der Waals surface area contributed by atoms with Crippen LogP contribution in [0.2, 0.25) is 0 Å². The molecule has 1 rings (SSSR count). The largest absolute Gasteiger partial charge is 0.310 e. The maximum atomic E-state index is 3.72. The third-order valence-corrected chi connectivity index (χ3v) is 4.25. The van der Waals surface area contributed by atoms with Crippen LogP contribution < -0.4 is 5.32 Å². The van der Waals surface area contributed by atoms with E-state index in [4.69, 9.17) is 0 Å². The zero-order chi connectivity index (χ0) is 11.1. The van der Waals surface area contributed by atoms with Crippen molar-refractivity contribution in [1.29, 1.82) is 0 Å². The highest BCUT2D eigenvalue weighted by molar-refractivity contribution is 7.99. The van der Waals surface area contributed by atoms with Crippen LogP contribution in [-0.4, -0.2) is 23.6 Å². The zero-order valence-electron chi connectivity index (χ0n) is 10.3. The molecule has 0 saturated carbocycles. The maximum absolute atomic E-state index is 3.72. The van der Waals surface area contributed by atoms with E-state index >= 15 is 0 Å². The molecule has 2 unspecified atom stereocenters. The third-order valence-electron chi connectivity index (χ3n) is 2.61. The lowest BCUT2D eigenvalue weighted by atomic mass is 10.0. The summed E-state index contributed by atoms with van der Waals surface area (Å²) in [7, 11) is 0. The Hall–Kier alpha value is 0.0500. The van der Waals surface area contributed by atoms with Crippen molar-refractivity contribution in [2.75, 3.05) is 11.5 Å². The summed E-state index contributed by atoms with van der Waals surface area (Å²) in [6, 6.07) is 1.38. The molecule has 1 N–H and O–H groups in total. The fourth-order valence-corrected chi connectivity index (χ4v) is 2.93. The fraction of sp³-hybridized carbons (Fsp3) is 0.846. The van der Waals surface area contributed by atoms with Crippen molar-refractivity contribution >= 4 is 11.8 Å². The van der Waals surface area contributed by atoms with E-state index in [-0.39, 0.29) is 0 Å². The van der Waals surface area contributed by atoms with Crippen LogP contribution in [0, 0.1) is 5.92 Å². The highest BCUT2D eigenvalue weighted by Gasteiger charge is 2.12. The summed E-state index contributed by atoms with van der Waals surface area (Å²) in [5, 5.41) is 3.72. The van der Waals surface area contributed by atoms with Crippen molar-refractivity contribution < 1.29 is 0 Å². The molecule has 0 aromatic rings. The van der Waals surface area contributed by atoms with Crippen LogP contribution in [0.15, 0.2) is 12.2 Å². The van der Waals surface area contributed by atoms with E-state index in [1.165, 1.54) is 30.8 Å². The third kappa shape index (κ3) is 6.26. The summed E-state index contributed by atoms with van der Waals surface area (Å²) in [6.45, 7) is 6.89. The lowest BCUT2D eigenvalue weighted by Crippen LogP contribution is -2.38. The van der Waals surface area contributed by atoms with Crippen LogP contribution in [0.4, 0.5) is 0 Å². The topological polar surface area (TPSA) is 12.0 Å². The molecule has 15 heavy (non-hydrogen) atoms. The molecule has 0 amide bonds. The molecule has 88 valence electrons. The molecular weight excluding hydrogens is 202 g/mol. The molecule has 0 bridgehead atoms. The first-order valence-corrected chi connectivity index (χ1v) is 7.32. The van der Waals surface area contributed by atoms with Crippen molar-refractivity contribution in [1.82, 2.24) is 5.32 Å². The summed E-state index contributed by atoms with van der Waals surface area (Å²) in [4.78, 5) is 0. The van der Waals surface area contributed by atoms with Gasteiger partial charge in [-0.3, -0.25) is 0 Å². The van der Waals surface area contributed by atoms with Gasteiger partial charge in [-0.2, -0.15) is 11.8 Å². The molecule has 1 aliphatic rings. The molecule has 0 fully saturated rings. The molecule has 1 aliphatic carbocycles. The lowest BCUT2D eigenvalue weighted by molar-refractivity contribution is 0.437. The SMILES string of the molecule is CC(C)CSCC(C)NC1CC=CCC1. The second-order valence-electron chi connectivity index (χ2n) is 4.98. The minimum atomic E-state index is 0.658. The second kappa shape index (κ2) is 7.34. The average Bonchev–Trinajstić information content (AvgIpc) is 2.18. The average molecular weight is 227 g/mol. The van der Waals surface area contributed by atoms with E-state index in [1.807, 2.05) is 0 Å². The van der Waals surface area contributed by atoms with Gasteiger partial charge in [-0.25, -0.2) is 0 Å². The first-order valence-electron chi connectivity index (χ1n) is 6.17. The van der Waals surface area contributed by atoms with Crippen molar-refractivity contribution in [2.45, 2.75) is 52.1 Å². The number of allylic oxidation sites excluding steroid dienone is 1. The Morgan fingerprint density at radius 2 is 2.07 bits per heavy atom. The number of hydrogen-bond donors (Lipinski definition) is 1. The predicted octanol–water partition coefficient (Wildman–Crippen LogP) is 3.46. The van der Waals surface area contributed by atoms with Crippen LogP contribution in [0.5, 0.6) is 0 Å². The van der Waals surface area contributed by atoms with Gasteiger partial charge in [-0.1, -0.05) is 26.0 Å². The number of thioether (sulfide) groups is 1. The summed E-state index contributed by atoms with van der Waals surface area (Å²) < 4.78 is 0. The van der Waals surface area contributed by atoms with Gasteiger partial charge in [0, 0.05) is 17.8 Å². The van der Waals surface area contributed by atoms with E-state index in [0.29, 0.717) is 6.04 Å². The minimum Gasteiger partial charge on any atom is -0.310 e. The number of hydrogen-bond acceptors (Lipinski definition) is 2. The molecule has 0 saturated heterocycles. The second-order valence-corrected chi connectivity index (χ2v) is 6.06. The Kier molecular flexibility index (Phi) is 6.42. The quantitative estimate of drug-likeness (QED) is 0.697. The number of nitrogens with one attached hydrogen (secondary N) is 1.